The van der Waals surface area contributed by atoms with Gasteiger partial charge in [-0.25, -0.2) is 0 Å². The van der Waals surface area contributed by atoms with Crippen molar-refractivity contribution >= 4 is 17.5 Å². The Bertz CT molecular complexity index is 693. The van der Waals surface area contributed by atoms with Crippen LogP contribution in [0.3, 0.4) is 0 Å². The third-order valence-electron chi connectivity index (χ3n) is 5.19. The SMILES string of the molecule is O=C1[C@@H]2[C@H](C(=O)N1c1cccc(C(F)(F)F)c1)[C@@H]1C=C[C@H]2CC1. The van der Waals surface area contributed by atoms with E-state index in [0.29, 0.717) is 0 Å². The van der Waals surface area contributed by atoms with Crippen LogP contribution >= 0.6 is 0 Å². The molecule has 1 saturated heterocycles. The van der Waals surface area contributed by atoms with Crippen molar-refractivity contribution in [2.45, 2.75) is 19.0 Å². The fourth-order valence-corrected chi connectivity index (χ4v) is 4.15. The van der Waals surface area contributed by atoms with E-state index in [-0.39, 0.29) is 29.3 Å². The van der Waals surface area contributed by atoms with Gasteiger partial charge < -0.3 is 0 Å². The van der Waals surface area contributed by atoms with Gasteiger partial charge in [-0.3, -0.25) is 14.5 Å². The molecule has 4 aliphatic rings. The van der Waals surface area contributed by atoms with Crippen molar-refractivity contribution in [1.29, 1.82) is 0 Å². The molecule has 4 atom stereocenters. The molecule has 120 valence electrons. The molecule has 0 N–H and O–H groups in total. The standard InChI is InChI=1S/C17H14F3NO2/c18-17(19,20)11-2-1-3-12(8-11)21-15(22)13-9-4-5-10(7-6-9)14(13)16(21)23/h1-5,8-10,13-14H,6-7H2/t9-,10+,13-,14+. The van der Waals surface area contributed by atoms with Crippen LogP contribution < -0.4 is 4.90 Å². The number of halogens is 3. The van der Waals surface area contributed by atoms with Gasteiger partial charge in [0.15, 0.2) is 0 Å². The molecule has 0 aromatic heterocycles. The topological polar surface area (TPSA) is 37.4 Å². The summed E-state index contributed by atoms with van der Waals surface area (Å²) in [5, 5.41) is 0. The molecule has 1 aliphatic heterocycles. The maximum Gasteiger partial charge on any atom is 0.416 e. The third-order valence-corrected chi connectivity index (χ3v) is 5.19. The molecule has 1 saturated carbocycles. The van der Waals surface area contributed by atoms with Gasteiger partial charge in [-0.2, -0.15) is 13.2 Å². The van der Waals surface area contributed by atoms with Crippen molar-refractivity contribution in [2.75, 3.05) is 4.90 Å². The number of alkyl halides is 3. The molecule has 23 heavy (non-hydrogen) atoms. The molecule has 6 heteroatoms. The second-order valence-electron chi connectivity index (χ2n) is 6.40. The van der Waals surface area contributed by atoms with Crippen molar-refractivity contribution < 1.29 is 22.8 Å². The summed E-state index contributed by atoms with van der Waals surface area (Å²) < 4.78 is 38.6. The second kappa shape index (κ2) is 4.69. The maximum absolute atomic E-state index is 12.9. The zero-order chi connectivity index (χ0) is 16.4. The summed E-state index contributed by atoms with van der Waals surface area (Å²) in [6, 6.07) is 4.43. The van der Waals surface area contributed by atoms with Crippen molar-refractivity contribution in [3.05, 3.63) is 42.0 Å². The van der Waals surface area contributed by atoms with E-state index in [2.05, 4.69) is 0 Å². The lowest BCUT2D eigenvalue weighted by Crippen LogP contribution is -2.38. The van der Waals surface area contributed by atoms with Gasteiger partial charge in [0.2, 0.25) is 11.8 Å². The number of amides is 2. The van der Waals surface area contributed by atoms with Gasteiger partial charge in [-0.1, -0.05) is 18.2 Å². The quantitative estimate of drug-likeness (QED) is 0.587. The van der Waals surface area contributed by atoms with Crippen molar-refractivity contribution in [3.8, 4) is 0 Å². The maximum atomic E-state index is 12.9. The molecule has 1 aromatic rings. The zero-order valence-corrected chi connectivity index (χ0v) is 12.1. The number of nitrogens with zero attached hydrogens (tertiary/aromatic N) is 1. The minimum absolute atomic E-state index is 0.0172. The van der Waals surface area contributed by atoms with Crippen molar-refractivity contribution in [1.82, 2.24) is 0 Å². The van der Waals surface area contributed by atoms with E-state index >= 15 is 0 Å². The fourth-order valence-electron chi connectivity index (χ4n) is 4.15. The summed E-state index contributed by atoms with van der Waals surface area (Å²) in [5.74, 6) is -1.51. The van der Waals surface area contributed by atoms with E-state index in [4.69, 9.17) is 0 Å². The molecule has 2 fully saturated rings. The normalized spacial score (nSPS) is 32.6. The van der Waals surface area contributed by atoms with Gasteiger partial charge in [0.05, 0.1) is 23.1 Å². The van der Waals surface area contributed by atoms with E-state index < -0.39 is 23.6 Å². The van der Waals surface area contributed by atoms with Crippen LogP contribution in [0.15, 0.2) is 36.4 Å². The lowest BCUT2D eigenvalue weighted by Gasteiger charge is -2.38. The molecule has 1 aromatic carbocycles. The molecule has 2 amide bonds. The van der Waals surface area contributed by atoms with Crippen LogP contribution in [0.1, 0.15) is 18.4 Å². The average Bonchev–Trinajstić information content (AvgIpc) is 2.81. The summed E-state index contributed by atoms with van der Waals surface area (Å²) in [6.07, 6.45) is 1.18. The summed E-state index contributed by atoms with van der Waals surface area (Å²) in [4.78, 5) is 26.3. The molecular formula is C17H14F3NO2. The van der Waals surface area contributed by atoms with Gasteiger partial charge in [0.25, 0.3) is 0 Å². The highest BCUT2D eigenvalue weighted by Gasteiger charge is 2.56. The monoisotopic (exact) mass is 321 g/mol. The van der Waals surface area contributed by atoms with E-state index in [1.165, 1.54) is 12.1 Å². The Kier molecular flexibility index (Phi) is 2.95. The minimum atomic E-state index is -4.50. The molecule has 5 rings (SSSR count). The number of benzene rings is 1. The first kappa shape index (κ1) is 14.5. The first-order valence-corrected chi connectivity index (χ1v) is 7.61. The van der Waals surface area contributed by atoms with Gasteiger partial charge in [0, 0.05) is 0 Å². The Morgan fingerprint density at radius 3 is 2.00 bits per heavy atom. The summed E-state index contributed by atoms with van der Waals surface area (Å²) in [6.45, 7) is 0. The van der Waals surface area contributed by atoms with Crippen molar-refractivity contribution in [3.63, 3.8) is 0 Å². The molecule has 2 bridgehead atoms. The number of hydrogen-bond donors (Lipinski definition) is 0. The van der Waals surface area contributed by atoms with Crippen LogP contribution in [0.2, 0.25) is 0 Å². The zero-order valence-electron chi connectivity index (χ0n) is 12.1. The average molecular weight is 321 g/mol. The highest BCUT2D eigenvalue weighted by Crippen LogP contribution is 2.50. The number of anilines is 1. The van der Waals surface area contributed by atoms with Crippen LogP contribution in [0.5, 0.6) is 0 Å². The highest BCUT2D eigenvalue weighted by molar-refractivity contribution is 6.22. The Balaban J connectivity index is 1.74. The second-order valence-corrected chi connectivity index (χ2v) is 6.40. The molecule has 0 radical (unpaired) electrons. The van der Waals surface area contributed by atoms with E-state index in [1.807, 2.05) is 12.2 Å². The Hall–Kier alpha value is -2.11. The molecule has 3 aliphatic carbocycles. The Morgan fingerprint density at radius 1 is 0.957 bits per heavy atom. The van der Waals surface area contributed by atoms with Crippen LogP contribution in [0.25, 0.3) is 0 Å². The van der Waals surface area contributed by atoms with Crippen LogP contribution in [-0.4, -0.2) is 11.8 Å². The predicted molar refractivity (Wildman–Crippen MR) is 76.3 cm³/mol. The first-order chi connectivity index (χ1) is 10.9. The summed E-state index contributed by atoms with van der Waals surface area (Å²) in [5.41, 5.74) is -0.838. The van der Waals surface area contributed by atoms with Gasteiger partial charge >= 0.3 is 6.18 Å². The number of carbonyl (C=O) groups is 2. The predicted octanol–water partition coefficient (Wildman–Crippen LogP) is 3.41. The molecule has 1 heterocycles. The van der Waals surface area contributed by atoms with E-state index in [9.17, 15) is 22.8 Å². The lowest BCUT2D eigenvalue weighted by molar-refractivity contribution is -0.137. The summed E-state index contributed by atoms with van der Waals surface area (Å²) in [7, 11) is 0. The van der Waals surface area contributed by atoms with E-state index in [0.717, 1.165) is 29.9 Å². The van der Waals surface area contributed by atoms with Gasteiger partial charge in [-0.05, 0) is 42.9 Å². The summed E-state index contributed by atoms with van der Waals surface area (Å²) >= 11 is 0. The number of allylic oxidation sites excluding steroid dienone is 2. The molecular weight excluding hydrogens is 307 g/mol. The van der Waals surface area contributed by atoms with Gasteiger partial charge in [0.1, 0.15) is 0 Å². The number of hydrogen-bond acceptors (Lipinski definition) is 2. The van der Waals surface area contributed by atoms with Crippen LogP contribution in [0, 0.1) is 23.7 Å². The highest BCUT2D eigenvalue weighted by atomic mass is 19.4. The number of fused-ring (bicyclic) bond motifs is 1. The Labute approximate surface area is 130 Å². The molecule has 0 spiro atoms. The third kappa shape index (κ3) is 2.04. The lowest BCUT2D eigenvalue weighted by atomic mass is 9.63. The number of imide groups is 1. The van der Waals surface area contributed by atoms with E-state index in [1.54, 1.807) is 0 Å². The largest absolute Gasteiger partial charge is 0.416 e. The fraction of sp³-hybridized carbons (Fsp3) is 0.412. The molecule has 0 unspecified atom stereocenters. The van der Waals surface area contributed by atoms with Crippen LogP contribution in [-0.2, 0) is 15.8 Å². The smallest absolute Gasteiger partial charge is 0.274 e. The number of rotatable bonds is 1. The van der Waals surface area contributed by atoms with Crippen LogP contribution in [0.4, 0.5) is 18.9 Å². The molecule has 3 nitrogen and oxygen atoms in total. The minimum Gasteiger partial charge on any atom is -0.274 e. The van der Waals surface area contributed by atoms with Crippen molar-refractivity contribution in [2.24, 2.45) is 23.7 Å². The first-order valence-electron chi connectivity index (χ1n) is 7.61. The number of carbonyl (C=O) groups excluding carboxylic acids is 2. The Morgan fingerprint density at radius 2 is 1.52 bits per heavy atom. The van der Waals surface area contributed by atoms with Gasteiger partial charge in [-0.15, -0.1) is 0 Å².